The van der Waals surface area contributed by atoms with Gasteiger partial charge in [-0.15, -0.1) is 13.2 Å². The Kier molecular flexibility index (Phi) is 9.96. The van der Waals surface area contributed by atoms with E-state index < -0.39 is 18.5 Å². The summed E-state index contributed by atoms with van der Waals surface area (Å²) in [5.41, 5.74) is 3.03. The third-order valence-corrected chi connectivity index (χ3v) is 8.56. The SMILES string of the molecule is Cc1ccc(C(=O)C2CCN(C(=O)c3ccc(C(=O)CC4CCN(Cc5ccc(OC(F)(F)F)cc5)C[C@H]4F)nc3)CC2)cc1. The van der Waals surface area contributed by atoms with E-state index in [1.165, 1.54) is 36.5 Å². The van der Waals surface area contributed by atoms with Gasteiger partial charge >= 0.3 is 6.36 Å². The molecule has 5 rings (SSSR count). The molecule has 45 heavy (non-hydrogen) atoms. The minimum atomic E-state index is -4.76. The number of aryl methyl sites for hydroxylation is 1. The molecule has 2 saturated heterocycles. The predicted octanol–water partition coefficient (Wildman–Crippen LogP) is 6.46. The summed E-state index contributed by atoms with van der Waals surface area (Å²) in [7, 11) is 0. The van der Waals surface area contributed by atoms with E-state index in [0.29, 0.717) is 56.6 Å². The maximum atomic E-state index is 15.1. The molecule has 2 aliphatic heterocycles. The average molecular weight is 626 g/mol. The van der Waals surface area contributed by atoms with E-state index in [1.807, 2.05) is 36.1 Å². The van der Waals surface area contributed by atoms with Crippen molar-refractivity contribution in [2.45, 2.75) is 51.7 Å². The number of benzene rings is 2. The van der Waals surface area contributed by atoms with E-state index in [9.17, 15) is 27.6 Å². The first-order valence-corrected chi connectivity index (χ1v) is 15.1. The molecule has 0 bridgehead atoms. The second-order valence-electron chi connectivity index (χ2n) is 11.8. The van der Waals surface area contributed by atoms with Crippen molar-refractivity contribution in [2.24, 2.45) is 11.8 Å². The zero-order chi connectivity index (χ0) is 32.1. The summed E-state index contributed by atoms with van der Waals surface area (Å²) in [5, 5.41) is 0. The van der Waals surface area contributed by atoms with E-state index in [1.54, 1.807) is 11.0 Å². The number of amides is 1. The van der Waals surface area contributed by atoms with Crippen LogP contribution in [0.1, 0.15) is 68.0 Å². The number of hydrogen-bond acceptors (Lipinski definition) is 6. The van der Waals surface area contributed by atoms with Gasteiger partial charge in [0.2, 0.25) is 0 Å². The Morgan fingerprint density at radius 1 is 0.889 bits per heavy atom. The molecule has 0 N–H and O–H groups in total. The van der Waals surface area contributed by atoms with Gasteiger partial charge in [-0.05, 0) is 68.5 Å². The largest absolute Gasteiger partial charge is 0.573 e. The zero-order valence-electron chi connectivity index (χ0n) is 24.9. The van der Waals surface area contributed by atoms with Crippen molar-refractivity contribution in [3.63, 3.8) is 0 Å². The highest BCUT2D eigenvalue weighted by Gasteiger charge is 2.33. The second kappa shape index (κ2) is 13.9. The number of pyridine rings is 1. The van der Waals surface area contributed by atoms with Gasteiger partial charge < -0.3 is 9.64 Å². The van der Waals surface area contributed by atoms with Crippen LogP contribution in [0.25, 0.3) is 0 Å². The molecule has 2 atom stereocenters. The van der Waals surface area contributed by atoms with Crippen molar-refractivity contribution < 1.29 is 36.7 Å². The van der Waals surface area contributed by atoms with Gasteiger partial charge in [-0.2, -0.15) is 0 Å². The van der Waals surface area contributed by atoms with Crippen LogP contribution in [0, 0.1) is 18.8 Å². The Morgan fingerprint density at radius 2 is 1.56 bits per heavy atom. The number of piperidine rings is 2. The topological polar surface area (TPSA) is 79.8 Å². The maximum Gasteiger partial charge on any atom is 0.573 e. The fourth-order valence-electron chi connectivity index (χ4n) is 5.95. The molecule has 3 aromatic rings. The van der Waals surface area contributed by atoms with Crippen molar-refractivity contribution in [1.82, 2.24) is 14.8 Å². The quantitative estimate of drug-likeness (QED) is 0.201. The summed E-state index contributed by atoms with van der Waals surface area (Å²) in [4.78, 5) is 46.6. The molecule has 0 aliphatic carbocycles. The van der Waals surface area contributed by atoms with E-state index in [2.05, 4.69) is 9.72 Å². The lowest BCUT2D eigenvalue weighted by Crippen LogP contribution is -2.42. The molecule has 0 saturated carbocycles. The molecule has 7 nitrogen and oxygen atoms in total. The number of carbonyl (C=O) groups is 3. The summed E-state index contributed by atoms with van der Waals surface area (Å²) < 4.78 is 56.1. The smallest absolute Gasteiger partial charge is 0.406 e. The number of rotatable bonds is 9. The minimum Gasteiger partial charge on any atom is -0.406 e. The average Bonchev–Trinajstić information content (AvgIpc) is 3.02. The van der Waals surface area contributed by atoms with Crippen LogP contribution in [-0.2, 0) is 6.54 Å². The van der Waals surface area contributed by atoms with Gasteiger partial charge in [0.1, 0.15) is 17.6 Å². The number of Topliss-reactive ketones (excluding diaryl/α,β-unsaturated/α-hetero) is 2. The van der Waals surface area contributed by atoms with Crippen LogP contribution in [0.4, 0.5) is 17.6 Å². The van der Waals surface area contributed by atoms with Crippen molar-refractivity contribution >= 4 is 17.5 Å². The normalized spacial score (nSPS) is 19.7. The number of aromatic nitrogens is 1. The lowest BCUT2D eigenvalue weighted by Gasteiger charge is -2.34. The van der Waals surface area contributed by atoms with Crippen LogP contribution in [0.3, 0.4) is 0 Å². The monoisotopic (exact) mass is 625 g/mol. The highest BCUT2D eigenvalue weighted by atomic mass is 19.4. The highest BCUT2D eigenvalue weighted by Crippen LogP contribution is 2.28. The number of carbonyl (C=O) groups excluding carboxylic acids is 3. The molecular weight excluding hydrogens is 590 g/mol. The summed E-state index contributed by atoms with van der Waals surface area (Å²) in [6, 6.07) is 16.1. The van der Waals surface area contributed by atoms with Crippen molar-refractivity contribution in [2.75, 3.05) is 26.2 Å². The third kappa shape index (κ3) is 8.54. The first-order valence-electron chi connectivity index (χ1n) is 15.1. The minimum absolute atomic E-state index is 0.0126. The molecule has 1 unspecified atom stereocenters. The number of alkyl halides is 4. The molecule has 0 radical (unpaired) electrons. The van der Waals surface area contributed by atoms with Crippen LogP contribution >= 0.6 is 0 Å². The number of nitrogens with zero attached hydrogens (tertiary/aromatic N) is 3. The fourth-order valence-corrected chi connectivity index (χ4v) is 5.95. The lowest BCUT2D eigenvalue weighted by molar-refractivity contribution is -0.274. The number of halogens is 4. The van der Waals surface area contributed by atoms with E-state index >= 15 is 4.39 Å². The van der Waals surface area contributed by atoms with Crippen LogP contribution in [-0.4, -0.2) is 71.0 Å². The maximum absolute atomic E-state index is 15.1. The number of ketones is 2. The molecule has 1 amide bonds. The molecule has 0 spiro atoms. The Balaban J connectivity index is 1.07. The number of ether oxygens (including phenoxy) is 1. The molecule has 11 heteroatoms. The van der Waals surface area contributed by atoms with Gasteiger partial charge in [-0.1, -0.05) is 42.0 Å². The Bertz CT molecular complexity index is 1490. The van der Waals surface area contributed by atoms with E-state index in [-0.39, 0.29) is 47.8 Å². The molecule has 3 heterocycles. The molecule has 2 aliphatic rings. The predicted molar refractivity (Wildman–Crippen MR) is 159 cm³/mol. The summed E-state index contributed by atoms with van der Waals surface area (Å²) in [5.74, 6) is -1.34. The van der Waals surface area contributed by atoms with Crippen molar-refractivity contribution in [1.29, 1.82) is 0 Å². The van der Waals surface area contributed by atoms with Gasteiger partial charge in [0, 0.05) is 50.3 Å². The Hall–Kier alpha value is -4.12. The van der Waals surface area contributed by atoms with E-state index in [0.717, 1.165) is 11.1 Å². The van der Waals surface area contributed by atoms with Gasteiger partial charge in [-0.25, -0.2) is 4.39 Å². The zero-order valence-corrected chi connectivity index (χ0v) is 24.9. The standard InChI is InChI=1S/C34H35F4N3O4/c1-22-2-6-24(7-3-22)32(43)25-13-16-41(17-14-25)33(44)27-8-11-30(39-19-27)31(42)18-26-12-15-40(21-29(26)35)20-23-4-9-28(10-5-23)45-34(36,37)38/h2-11,19,25-26,29H,12-18,20-21H2,1H3/t26?,29-/m1/s1. The molecular formula is C34H35F4N3O4. The Labute approximate surface area is 259 Å². The Morgan fingerprint density at radius 3 is 2.16 bits per heavy atom. The first-order chi connectivity index (χ1) is 21.4. The summed E-state index contributed by atoms with van der Waals surface area (Å²) in [6.45, 7) is 3.88. The highest BCUT2D eigenvalue weighted by molar-refractivity contribution is 5.99. The van der Waals surface area contributed by atoms with Gasteiger partial charge in [0.15, 0.2) is 11.6 Å². The van der Waals surface area contributed by atoms with Crippen LogP contribution in [0.15, 0.2) is 66.9 Å². The number of hydrogen-bond donors (Lipinski definition) is 0. The molecule has 2 fully saturated rings. The van der Waals surface area contributed by atoms with Gasteiger partial charge in [0.05, 0.1) is 5.56 Å². The third-order valence-electron chi connectivity index (χ3n) is 8.56. The first kappa shape index (κ1) is 32.3. The molecule has 238 valence electrons. The fraction of sp³-hybridized carbons (Fsp3) is 0.412. The van der Waals surface area contributed by atoms with Crippen LogP contribution in [0.5, 0.6) is 5.75 Å². The van der Waals surface area contributed by atoms with E-state index in [4.69, 9.17) is 0 Å². The second-order valence-corrected chi connectivity index (χ2v) is 11.8. The summed E-state index contributed by atoms with van der Waals surface area (Å²) in [6.07, 6.45) is -3.05. The lowest BCUT2D eigenvalue weighted by atomic mass is 9.88. The molecule has 1 aromatic heterocycles. The van der Waals surface area contributed by atoms with Crippen molar-refractivity contribution in [3.8, 4) is 5.75 Å². The van der Waals surface area contributed by atoms with Crippen LogP contribution < -0.4 is 4.74 Å². The summed E-state index contributed by atoms with van der Waals surface area (Å²) >= 11 is 0. The van der Waals surface area contributed by atoms with Crippen molar-refractivity contribution in [3.05, 3.63) is 94.8 Å². The van der Waals surface area contributed by atoms with Gasteiger partial charge in [0.25, 0.3) is 5.91 Å². The van der Waals surface area contributed by atoms with Crippen LogP contribution in [0.2, 0.25) is 0 Å². The molecule has 2 aromatic carbocycles. The number of likely N-dealkylation sites (tertiary alicyclic amines) is 2. The van der Waals surface area contributed by atoms with Gasteiger partial charge in [-0.3, -0.25) is 24.3 Å².